The average molecular weight is 313 g/mol. The summed E-state index contributed by atoms with van der Waals surface area (Å²) in [6, 6.07) is 4.77. The summed E-state index contributed by atoms with van der Waals surface area (Å²) in [6.07, 6.45) is 2.44. The van der Waals surface area contributed by atoms with E-state index < -0.39 is 0 Å². The van der Waals surface area contributed by atoms with Gasteiger partial charge < -0.3 is 4.57 Å². The molecule has 1 unspecified atom stereocenters. The van der Waals surface area contributed by atoms with Crippen molar-refractivity contribution in [1.29, 1.82) is 0 Å². The maximum absolute atomic E-state index is 13.5. The van der Waals surface area contributed by atoms with Crippen LogP contribution in [0.4, 0.5) is 4.39 Å². The molecule has 1 aliphatic heterocycles. The van der Waals surface area contributed by atoms with Crippen molar-refractivity contribution < 1.29 is 4.39 Å². The van der Waals surface area contributed by atoms with Crippen molar-refractivity contribution in [3.8, 4) is 0 Å². The SMILES string of the molecule is CC(Cl)c1nc2ccc(F)cc2n1CC1CCSCC1. The molecule has 0 spiro atoms. The lowest BCUT2D eigenvalue weighted by atomic mass is 10.0. The molecule has 1 aromatic carbocycles. The zero-order valence-corrected chi connectivity index (χ0v) is 13.1. The van der Waals surface area contributed by atoms with E-state index in [9.17, 15) is 4.39 Å². The zero-order valence-electron chi connectivity index (χ0n) is 11.5. The van der Waals surface area contributed by atoms with Crippen LogP contribution in [0.5, 0.6) is 0 Å². The van der Waals surface area contributed by atoms with Crippen molar-refractivity contribution in [3.05, 3.63) is 29.8 Å². The van der Waals surface area contributed by atoms with Gasteiger partial charge in [0.1, 0.15) is 11.6 Å². The Kier molecular flexibility index (Phi) is 4.22. The fourth-order valence-electron chi connectivity index (χ4n) is 2.80. The maximum Gasteiger partial charge on any atom is 0.127 e. The first-order valence-corrected chi connectivity index (χ1v) is 8.62. The van der Waals surface area contributed by atoms with Gasteiger partial charge in [0, 0.05) is 6.54 Å². The topological polar surface area (TPSA) is 17.8 Å². The Labute approximate surface area is 127 Å². The van der Waals surface area contributed by atoms with Gasteiger partial charge >= 0.3 is 0 Å². The Morgan fingerprint density at radius 1 is 1.45 bits per heavy atom. The number of halogens is 2. The normalized spacial score (nSPS) is 18.6. The van der Waals surface area contributed by atoms with Gasteiger partial charge in [-0.05, 0) is 55.4 Å². The number of aromatic nitrogens is 2. The number of hydrogen-bond acceptors (Lipinski definition) is 2. The van der Waals surface area contributed by atoms with E-state index in [1.54, 1.807) is 12.1 Å². The second-order valence-corrected chi connectivity index (χ2v) is 7.26. The first kappa shape index (κ1) is 14.2. The van der Waals surface area contributed by atoms with Crippen LogP contribution in [0.1, 0.15) is 31.0 Å². The van der Waals surface area contributed by atoms with Crippen LogP contribution in [-0.4, -0.2) is 21.1 Å². The first-order valence-electron chi connectivity index (χ1n) is 7.02. The number of rotatable bonds is 3. The minimum Gasteiger partial charge on any atom is -0.326 e. The summed E-state index contributed by atoms with van der Waals surface area (Å²) >= 11 is 8.27. The number of hydrogen-bond donors (Lipinski definition) is 0. The summed E-state index contributed by atoms with van der Waals surface area (Å²) in [6.45, 7) is 2.82. The highest BCUT2D eigenvalue weighted by Gasteiger charge is 2.20. The smallest absolute Gasteiger partial charge is 0.127 e. The third-order valence-electron chi connectivity index (χ3n) is 3.88. The summed E-state index contributed by atoms with van der Waals surface area (Å²) in [7, 11) is 0. The molecule has 0 saturated carbocycles. The van der Waals surface area contributed by atoms with E-state index >= 15 is 0 Å². The van der Waals surface area contributed by atoms with Gasteiger partial charge in [-0.15, -0.1) is 11.6 Å². The molecule has 5 heteroatoms. The van der Waals surface area contributed by atoms with Crippen LogP contribution in [-0.2, 0) is 6.54 Å². The lowest BCUT2D eigenvalue weighted by Gasteiger charge is -2.23. The van der Waals surface area contributed by atoms with Gasteiger partial charge in [0.2, 0.25) is 0 Å². The fraction of sp³-hybridized carbons (Fsp3) is 0.533. The Morgan fingerprint density at radius 3 is 2.90 bits per heavy atom. The minimum atomic E-state index is -0.216. The molecule has 1 fully saturated rings. The van der Waals surface area contributed by atoms with E-state index in [1.807, 2.05) is 18.7 Å². The van der Waals surface area contributed by atoms with E-state index in [4.69, 9.17) is 11.6 Å². The van der Waals surface area contributed by atoms with E-state index in [1.165, 1.54) is 30.4 Å². The second kappa shape index (κ2) is 5.94. The Bertz CT molecular complexity index is 605. The summed E-state index contributed by atoms with van der Waals surface area (Å²) < 4.78 is 15.6. The van der Waals surface area contributed by atoms with Gasteiger partial charge in [-0.1, -0.05) is 0 Å². The molecule has 1 aromatic heterocycles. The van der Waals surface area contributed by atoms with Crippen molar-refractivity contribution in [2.45, 2.75) is 31.7 Å². The largest absolute Gasteiger partial charge is 0.326 e. The lowest BCUT2D eigenvalue weighted by molar-refractivity contribution is 0.415. The summed E-state index contributed by atoms with van der Waals surface area (Å²) in [5.74, 6) is 3.72. The molecule has 2 heterocycles. The highest BCUT2D eigenvalue weighted by Crippen LogP contribution is 2.30. The fourth-order valence-corrected chi connectivity index (χ4v) is 4.17. The van der Waals surface area contributed by atoms with Crippen LogP contribution in [0.25, 0.3) is 11.0 Å². The summed E-state index contributed by atoms with van der Waals surface area (Å²) in [5, 5.41) is -0.163. The highest BCUT2D eigenvalue weighted by atomic mass is 35.5. The van der Waals surface area contributed by atoms with Crippen LogP contribution >= 0.6 is 23.4 Å². The lowest BCUT2D eigenvalue weighted by Crippen LogP contribution is -2.18. The maximum atomic E-state index is 13.5. The summed E-state index contributed by atoms with van der Waals surface area (Å²) in [5.41, 5.74) is 1.70. The first-order chi connectivity index (χ1) is 9.65. The van der Waals surface area contributed by atoms with Gasteiger partial charge in [-0.3, -0.25) is 0 Å². The van der Waals surface area contributed by atoms with Gasteiger partial charge in [-0.25, -0.2) is 9.37 Å². The number of thioether (sulfide) groups is 1. The molecule has 1 atom stereocenters. The molecule has 1 saturated heterocycles. The number of fused-ring (bicyclic) bond motifs is 1. The molecular formula is C15H18ClFN2S. The van der Waals surface area contributed by atoms with Gasteiger partial charge in [0.05, 0.1) is 16.4 Å². The predicted octanol–water partition coefficient (Wildman–Crippen LogP) is 4.62. The molecule has 108 valence electrons. The summed E-state index contributed by atoms with van der Waals surface area (Å²) in [4.78, 5) is 4.58. The van der Waals surface area contributed by atoms with E-state index in [0.717, 1.165) is 23.4 Å². The number of alkyl halides is 1. The molecule has 0 radical (unpaired) electrons. The number of imidazole rings is 1. The third-order valence-corrected chi connectivity index (χ3v) is 5.12. The van der Waals surface area contributed by atoms with Crippen molar-refractivity contribution in [3.63, 3.8) is 0 Å². The van der Waals surface area contributed by atoms with Crippen LogP contribution in [0, 0.1) is 11.7 Å². The van der Waals surface area contributed by atoms with E-state index in [-0.39, 0.29) is 11.2 Å². The van der Waals surface area contributed by atoms with Gasteiger partial charge in [-0.2, -0.15) is 11.8 Å². The van der Waals surface area contributed by atoms with Gasteiger partial charge in [0.25, 0.3) is 0 Å². The van der Waals surface area contributed by atoms with Crippen LogP contribution in [0.2, 0.25) is 0 Å². The standard InChI is InChI=1S/C15H18ClFN2S/c1-10(16)15-18-13-3-2-12(17)8-14(13)19(15)9-11-4-6-20-7-5-11/h2-3,8,10-11H,4-7,9H2,1H3. The van der Waals surface area contributed by atoms with Crippen molar-refractivity contribution >= 4 is 34.4 Å². The van der Waals surface area contributed by atoms with Crippen molar-refractivity contribution in [1.82, 2.24) is 9.55 Å². The predicted molar refractivity (Wildman–Crippen MR) is 84.0 cm³/mol. The van der Waals surface area contributed by atoms with Crippen LogP contribution in [0.3, 0.4) is 0 Å². The molecule has 2 aromatic rings. The molecular weight excluding hydrogens is 295 g/mol. The van der Waals surface area contributed by atoms with Crippen LogP contribution < -0.4 is 0 Å². The van der Waals surface area contributed by atoms with E-state index in [0.29, 0.717) is 5.92 Å². The monoisotopic (exact) mass is 312 g/mol. The Balaban J connectivity index is 2.01. The number of benzene rings is 1. The minimum absolute atomic E-state index is 0.163. The average Bonchev–Trinajstić information content (AvgIpc) is 2.78. The highest BCUT2D eigenvalue weighted by molar-refractivity contribution is 7.99. The third kappa shape index (κ3) is 2.82. The van der Waals surface area contributed by atoms with Crippen LogP contribution in [0.15, 0.2) is 18.2 Å². The zero-order chi connectivity index (χ0) is 14.1. The molecule has 3 rings (SSSR count). The van der Waals surface area contributed by atoms with Gasteiger partial charge in [0.15, 0.2) is 0 Å². The second-order valence-electron chi connectivity index (χ2n) is 5.39. The number of nitrogens with zero attached hydrogens (tertiary/aromatic N) is 2. The van der Waals surface area contributed by atoms with E-state index in [2.05, 4.69) is 9.55 Å². The molecule has 2 nitrogen and oxygen atoms in total. The molecule has 20 heavy (non-hydrogen) atoms. The molecule has 0 bridgehead atoms. The van der Waals surface area contributed by atoms with Crippen molar-refractivity contribution in [2.75, 3.05) is 11.5 Å². The Morgan fingerprint density at radius 2 is 2.20 bits per heavy atom. The van der Waals surface area contributed by atoms with Crippen molar-refractivity contribution in [2.24, 2.45) is 5.92 Å². The molecule has 0 aliphatic carbocycles. The Hall–Kier alpha value is -0.740. The quantitative estimate of drug-likeness (QED) is 0.770. The molecule has 0 amide bonds. The molecule has 0 N–H and O–H groups in total. The molecule has 1 aliphatic rings.